The molecule has 0 fully saturated rings. The fraction of sp³-hybridized carbons (Fsp3) is 0.0455. The Morgan fingerprint density at radius 3 is 1.88 bits per heavy atom. The molecule has 0 amide bonds. The third-order valence-electron chi connectivity index (χ3n) is 4.73. The van der Waals surface area contributed by atoms with Gasteiger partial charge in [0.2, 0.25) is 0 Å². The highest BCUT2D eigenvalue weighted by Crippen LogP contribution is 2.35. The number of nitrogens with zero attached hydrogens (tertiary/aromatic N) is 1. The van der Waals surface area contributed by atoms with E-state index >= 15 is 0 Å². The van der Waals surface area contributed by atoms with E-state index in [-0.39, 0.29) is 0 Å². The van der Waals surface area contributed by atoms with E-state index in [0.29, 0.717) is 0 Å². The summed E-state index contributed by atoms with van der Waals surface area (Å²) in [5.74, 6) is 0.855. The zero-order valence-corrected chi connectivity index (χ0v) is 13.3. The van der Waals surface area contributed by atoms with Gasteiger partial charge in [0.1, 0.15) is 5.75 Å². The smallest absolute Gasteiger partial charge is 0.118 e. The molecule has 1 aromatic heterocycles. The molecule has 5 rings (SSSR count). The second-order valence-corrected chi connectivity index (χ2v) is 6.06. The normalized spacial score (nSPS) is 11.5. The Morgan fingerprint density at radius 1 is 0.625 bits per heavy atom. The Balaban J connectivity index is 1.84. The van der Waals surface area contributed by atoms with Crippen LogP contribution in [0.3, 0.4) is 0 Å². The molecule has 0 unspecified atom stereocenters. The number of hydrogen-bond acceptors (Lipinski definition) is 2. The van der Waals surface area contributed by atoms with E-state index in [1.807, 2.05) is 12.1 Å². The molecule has 114 valence electrons. The summed E-state index contributed by atoms with van der Waals surface area (Å²) in [6.07, 6.45) is 0. The first-order valence-electron chi connectivity index (χ1n) is 8.02. The minimum absolute atomic E-state index is 0.855. The molecule has 1 heterocycles. The summed E-state index contributed by atoms with van der Waals surface area (Å²) < 4.78 is 5.25. The van der Waals surface area contributed by atoms with Gasteiger partial charge in [-0.2, -0.15) is 0 Å². The largest absolute Gasteiger partial charge is 0.497 e. The fourth-order valence-electron chi connectivity index (χ4n) is 3.50. The summed E-state index contributed by atoms with van der Waals surface area (Å²) in [6.45, 7) is 0. The second kappa shape index (κ2) is 4.93. The Labute approximate surface area is 139 Å². The van der Waals surface area contributed by atoms with E-state index in [1.54, 1.807) is 7.11 Å². The van der Waals surface area contributed by atoms with Crippen molar-refractivity contribution in [3.05, 3.63) is 72.8 Å². The van der Waals surface area contributed by atoms with E-state index < -0.39 is 0 Å². The standard InChI is InChI=1S/C22H15NO/c1-24-18-10-6-14(7-11-18)19-12-8-17-5-4-15-2-3-16-9-13-20(23-19)22(17)21(15)16/h2-13H,1H3. The molecule has 0 bridgehead atoms. The molecule has 0 radical (unpaired) electrons. The number of rotatable bonds is 2. The summed E-state index contributed by atoms with van der Waals surface area (Å²) in [6, 6.07) is 25.3. The van der Waals surface area contributed by atoms with Crippen molar-refractivity contribution < 1.29 is 4.74 Å². The van der Waals surface area contributed by atoms with Crippen molar-refractivity contribution in [2.24, 2.45) is 0 Å². The number of hydrogen-bond donors (Lipinski definition) is 0. The van der Waals surface area contributed by atoms with E-state index in [9.17, 15) is 0 Å². The van der Waals surface area contributed by atoms with Crippen molar-refractivity contribution in [3.63, 3.8) is 0 Å². The number of ether oxygens (including phenoxy) is 1. The Bertz CT molecular complexity index is 1160. The maximum atomic E-state index is 5.25. The van der Waals surface area contributed by atoms with E-state index in [1.165, 1.54) is 26.9 Å². The van der Waals surface area contributed by atoms with Gasteiger partial charge >= 0.3 is 0 Å². The van der Waals surface area contributed by atoms with E-state index in [4.69, 9.17) is 9.72 Å². The lowest BCUT2D eigenvalue weighted by atomic mass is 10.0. The molecule has 0 spiro atoms. The molecular weight excluding hydrogens is 294 g/mol. The topological polar surface area (TPSA) is 22.1 Å². The summed E-state index contributed by atoms with van der Waals surface area (Å²) in [5, 5.41) is 6.34. The highest BCUT2D eigenvalue weighted by Gasteiger charge is 2.10. The first-order chi connectivity index (χ1) is 11.8. The molecule has 0 N–H and O–H groups in total. The molecule has 2 nitrogen and oxygen atoms in total. The van der Waals surface area contributed by atoms with Crippen molar-refractivity contribution in [1.29, 1.82) is 0 Å². The lowest BCUT2D eigenvalue weighted by Gasteiger charge is -2.03. The van der Waals surface area contributed by atoms with Crippen molar-refractivity contribution >= 4 is 32.4 Å². The van der Waals surface area contributed by atoms with Gasteiger partial charge < -0.3 is 4.74 Å². The molecule has 2 heteroatoms. The van der Waals surface area contributed by atoms with Crippen LogP contribution in [0.5, 0.6) is 5.75 Å². The van der Waals surface area contributed by atoms with Crippen molar-refractivity contribution in [3.8, 4) is 17.0 Å². The number of benzene rings is 3. The third kappa shape index (κ3) is 1.86. The predicted molar refractivity (Wildman–Crippen MR) is 99.9 cm³/mol. The lowest BCUT2D eigenvalue weighted by molar-refractivity contribution is 0.415. The molecule has 0 saturated carbocycles. The first kappa shape index (κ1) is 13.3. The van der Waals surface area contributed by atoms with E-state index in [2.05, 4.69) is 60.7 Å². The van der Waals surface area contributed by atoms with Crippen LogP contribution in [0.15, 0.2) is 72.8 Å². The fourth-order valence-corrected chi connectivity index (χ4v) is 3.50. The van der Waals surface area contributed by atoms with Crippen LogP contribution in [0.2, 0.25) is 0 Å². The maximum Gasteiger partial charge on any atom is 0.118 e. The van der Waals surface area contributed by atoms with Crippen molar-refractivity contribution in [2.45, 2.75) is 0 Å². The summed E-state index contributed by atoms with van der Waals surface area (Å²) in [7, 11) is 1.68. The van der Waals surface area contributed by atoms with Crippen LogP contribution < -0.4 is 4.74 Å². The van der Waals surface area contributed by atoms with Crippen LogP contribution in [0.4, 0.5) is 0 Å². The van der Waals surface area contributed by atoms with Gasteiger partial charge in [-0.1, -0.05) is 36.4 Å². The quantitative estimate of drug-likeness (QED) is 0.420. The maximum absolute atomic E-state index is 5.25. The van der Waals surface area contributed by atoms with Crippen LogP contribution in [-0.2, 0) is 0 Å². The summed E-state index contributed by atoms with van der Waals surface area (Å²) in [4.78, 5) is 4.95. The highest BCUT2D eigenvalue weighted by molar-refractivity contribution is 6.22. The molecule has 0 atom stereocenters. The van der Waals surface area contributed by atoms with Crippen molar-refractivity contribution in [2.75, 3.05) is 7.11 Å². The van der Waals surface area contributed by atoms with Crippen LogP contribution in [0.1, 0.15) is 0 Å². The second-order valence-electron chi connectivity index (χ2n) is 6.06. The average molecular weight is 309 g/mol. The zero-order valence-electron chi connectivity index (χ0n) is 13.3. The molecule has 0 saturated heterocycles. The van der Waals surface area contributed by atoms with Gasteiger partial charge in [-0.05, 0) is 57.9 Å². The number of aromatic nitrogens is 1. The van der Waals surface area contributed by atoms with Gasteiger partial charge in [0.25, 0.3) is 0 Å². The monoisotopic (exact) mass is 309 g/mol. The van der Waals surface area contributed by atoms with Gasteiger partial charge in [0.05, 0.1) is 18.3 Å². The van der Waals surface area contributed by atoms with Gasteiger partial charge in [-0.3, -0.25) is 0 Å². The van der Waals surface area contributed by atoms with Crippen LogP contribution in [0, 0.1) is 0 Å². The Hall–Kier alpha value is -3.13. The Kier molecular flexibility index (Phi) is 2.74. The molecule has 0 aliphatic rings. The van der Waals surface area contributed by atoms with Gasteiger partial charge in [0.15, 0.2) is 0 Å². The highest BCUT2D eigenvalue weighted by atomic mass is 16.5. The van der Waals surface area contributed by atoms with Gasteiger partial charge in [-0.15, -0.1) is 0 Å². The minimum atomic E-state index is 0.855. The van der Waals surface area contributed by atoms with Crippen LogP contribution in [-0.4, -0.2) is 12.1 Å². The number of methoxy groups -OCH3 is 1. The first-order valence-corrected chi connectivity index (χ1v) is 8.02. The van der Waals surface area contributed by atoms with Crippen molar-refractivity contribution in [1.82, 2.24) is 4.98 Å². The molecule has 4 aromatic carbocycles. The summed E-state index contributed by atoms with van der Waals surface area (Å²) >= 11 is 0. The van der Waals surface area contributed by atoms with E-state index in [0.717, 1.165) is 22.5 Å². The average Bonchev–Trinajstić information content (AvgIpc) is 2.96. The van der Waals surface area contributed by atoms with Gasteiger partial charge in [-0.25, -0.2) is 4.98 Å². The lowest BCUT2D eigenvalue weighted by Crippen LogP contribution is -1.84. The Morgan fingerprint density at radius 2 is 1.21 bits per heavy atom. The minimum Gasteiger partial charge on any atom is -0.497 e. The molecule has 24 heavy (non-hydrogen) atoms. The molecule has 5 aromatic rings. The SMILES string of the molecule is COc1ccc(-c2ccc3ccc4ccc5ccc(n2)c3c45)cc1. The van der Waals surface area contributed by atoms with Gasteiger partial charge in [0, 0.05) is 10.9 Å². The summed E-state index contributed by atoms with van der Waals surface area (Å²) in [5.41, 5.74) is 3.09. The molecule has 0 aliphatic carbocycles. The van der Waals surface area contributed by atoms with Crippen LogP contribution in [0.25, 0.3) is 43.7 Å². The molecule has 0 aliphatic heterocycles. The zero-order chi connectivity index (χ0) is 16.1. The van der Waals surface area contributed by atoms with Crippen LogP contribution >= 0.6 is 0 Å². The predicted octanol–water partition coefficient (Wildman–Crippen LogP) is 5.65. The third-order valence-corrected chi connectivity index (χ3v) is 4.73. The molecular formula is C22H15NO.